The fourth-order valence-electron chi connectivity index (χ4n) is 3.41. The summed E-state index contributed by atoms with van der Waals surface area (Å²) in [4.78, 5) is 4.54. The number of nitrogens with two attached hydrogens (primary N) is 1. The van der Waals surface area contributed by atoms with Gasteiger partial charge in [-0.2, -0.15) is 0 Å². The summed E-state index contributed by atoms with van der Waals surface area (Å²) in [7, 11) is 0. The maximum atomic E-state index is 14.0. The first kappa shape index (κ1) is 14.6. The minimum absolute atomic E-state index is 0.239. The van der Waals surface area contributed by atoms with Gasteiger partial charge in [0, 0.05) is 37.9 Å². The predicted molar refractivity (Wildman–Crippen MR) is 82.9 cm³/mol. The van der Waals surface area contributed by atoms with Gasteiger partial charge in [-0.15, -0.1) is 0 Å². The highest BCUT2D eigenvalue weighted by molar-refractivity contribution is 5.55. The summed E-state index contributed by atoms with van der Waals surface area (Å²) in [5, 5.41) is 10.0. The molecule has 3 rings (SSSR count). The van der Waals surface area contributed by atoms with Gasteiger partial charge in [-0.25, -0.2) is 4.39 Å². The molecule has 0 aromatic heterocycles. The molecule has 3 N–H and O–H groups in total. The molecule has 0 radical (unpaired) electrons. The Morgan fingerprint density at radius 1 is 1.29 bits per heavy atom. The fourth-order valence-corrected chi connectivity index (χ4v) is 3.41. The molecule has 1 aromatic rings. The van der Waals surface area contributed by atoms with E-state index in [1.807, 2.05) is 6.92 Å². The molecule has 2 fully saturated rings. The maximum Gasteiger partial charge on any atom is 0.148 e. The average molecular weight is 293 g/mol. The van der Waals surface area contributed by atoms with Crippen molar-refractivity contribution < 1.29 is 9.50 Å². The first-order valence-electron chi connectivity index (χ1n) is 7.71. The molecule has 2 heterocycles. The van der Waals surface area contributed by atoms with Crippen molar-refractivity contribution in [1.82, 2.24) is 4.90 Å². The van der Waals surface area contributed by atoms with Crippen LogP contribution in [0.5, 0.6) is 0 Å². The molecule has 1 aromatic carbocycles. The Labute approximate surface area is 125 Å². The molecule has 5 heteroatoms. The van der Waals surface area contributed by atoms with E-state index in [4.69, 9.17) is 5.73 Å². The molecular formula is C16H24FN3O. The highest BCUT2D eigenvalue weighted by atomic mass is 19.1. The predicted octanol–water partition coefficient (Wildman–Crippen LogP) is 1.83. The van der Waals surface area contributed by atoms with E-state index in [1.54, 1.807) is 12.1 Å². The molecule has 0 unspecified atom stereocenters. The number of anilines is 2. The smallest absolute Gasteiger partial charge is 0.148 e. The molecule has 4 nitrogen and oxygen atoms in total. The number of nitrogens with zero attached hydrogens (tertiary/aromatic N) is 2. The Balaban J connectivity index is 1.63. The van der Waals surface area contributed by atoms with Gasteiger partial charge in [0.05, 0.1) is 11.3 Å². The summed E-state index contributed by atoms with van der Waals surface area (Å²) >= 11 is 0. The third-order valence-corrected chi connectivity index (χ3v) is 4.87. The zero-order valence-electron chi connectivity index (χ0n) is 12.6. The van der Waals surface area contributed by atoms with Gasteiger partial charge in [-0.05, 0) is 44.4 Å². The number of halogens is 1. The Morgan fingerprint density at radius 2 is 2.00 bits per heavy atom. The molecule has 0 spiro atoms. The van der Waals surface area contributed by atoms with Crippen LogP contribution >= 0.6 is 0 Å². The van der Waals surface area contributed by atoms with E-state index in [2.05, 4.69) is 9.80 Å². The number of aliphatic hydroxyl groups is 1. The van der Waals surface area contributed by atoms with E-state index >= 15 is 0 Å². The van der Waals surface area contributed by atoms with Gasteiger partial charge in [-0.3, -0.25) is 4.90 Å². The summed E-state index contributed by atoms with van der Waals surface area (Å²) in [6, 6.07) is 5.37. The van der Waals surface area contributed by atoms with Crippen molar-refractivity contribution in [2.45, 2.75) is 37.8 Å². The van der Waals surface area contributed by atoms with Gasteiger partial charge >= 0.3 is 0 Å². The minimum atomic E-state index is -0.516. The normalized spacial score (nSPS) is 26.2. The average Bonchev–Trinajstić information content (AvgIpc) is 2.88. The molecule has 2 aliphatic rings. The van der Waals surface area contributed by atoms with Crippen LogP contribution in [-0.4, -0.2) is 47.8 Å². The first-order valence-corrected chi connectivity index (χ1v) is 7.71. The topological polar surface area (TPSA) is 52.7 Å². The maximum absolute atomic E-state index is 14.0. The zero-order valence-corrected chi connectivity index (χ0v) is 12.6. The van der Waals surface area contributed by atoms with E-state index in [-0.39, 0.29) is 5.82 Å². The van der Waals surface area contributed by atoms with Crippen LogP contribution in [0.1, 0.15) is 26.2 Å². The number of likely N-dealkylation sites (tertiary alicyclic amines) is 1. The SMILES string of the molecule is CC1(O)CCN([C@@H]2CCN(c3ccc(N)cc3F)C2)CC1. The Morgan fingerprint density at radius 3 is 2.67 bits per heavy atom. The number of hydrogen-bond acceptors (Lipinski definition) is 4. The van der Waals surface area contributed by atoms with Crippen molar-refractivity contribution in [3.05, 3.63) is 24.0 Å². The lowest BCUT2D eigenvalue weighted by Crippen LogP contribution is -2.47. The first-order chi connectivity index (χ1) is 9.94. The van der Waals surface area contributed by atoms with Crippen LogP contribution < -0.4 is 10.6 Å². The lowest BCUT2D eigenvalue weighted by molar-refractivity contribution is -0.0142. The molecule has 21 heavy (non-hydrogen) atoms. The molecule has 0 bridgehead atoms. The summed E-state index contributed by atoms with van der Waals surface area (Å²) < 4.78 is 14.0. The molecule has 1 atom stereocenters. The molecule has 0 saturated carbocycles. The van der Waals surface area contributed by atoms with Crippen molar-refractivity contribution in [3.8, 4) is 0 Å². The molecule has 0 aliphatic carbocycles. The number of rotatable bonds is 2. The van der Waals surface area contributed by atoms with Gasteiger partial charge in [0.25, 0.3) is 0 Å². The van der Waals surface area contributed by atoms with Crippen molar-refractivity contribution in [2.75, 3.05) is 36.8 Å². The largest absolute Gasteiger partial charge is 0.399 e. The number of hydrogen-bond donors (Lipinski definition) is 2. The monoisotopic (exact) mass is 293 g/mol. The van der Waals surface area contributed by atoms with Crippen molar-refractivity contribution >= 4 is 11.4 Å². The molecule has 2 aliphatic heterocycles. The number of nitrogen functional groups attached to an aromatic ring is 1. The summed E-state index contributed by atoms with van der Waals surface area (Å²) in [6.45, 7) is 5.49. The van der Waals surface area contributed by atoms with Crippen molar-refractivity contribution in [1.29, 1.82) is 0 Å². The van der Waals surface area contributed by atoms with E-state index in [0.717, 1.165) is 45.4 Å². The molecule has 116 valence electrons. The standard InChI is InChI=1S/C16H24FN3O/c1-16(21)5-8-19(9-6-16)13-4-7-20(11-13)15-3-2-12(18)10-14(15)17/h2-3,10,13,21H,4-9,11,18H2,1H3/t13-/m1/s1. The molecule has 2 saturated heterocycles. The summed E-state index contributed by atoms with van der Waals surface area (Å²) in [5.74, 6) is -0.239. The Kier molecular flexibility index (Phi) is 3.80. The van der Waals surface area contributed by atoms with Crippen molar-refractivity contribution in [3.63, 3.8) is 0 Å². The van der Waals surface area contributed by atoms with Crippen LogP contribution in [0.2, 0.25) is 0 Å². The van der Waals surface area contributed by atoms with E-state index in [9.17, 15) is 9.50 Å². The minimum Gasteiger partial charge on any atom is -0.399 e. The van der Waals surface area contributed by atoms with Crippen LogP contribution in [0.3, 0.4) is 0 Å². The van der Waals surface area contributed by atoms with Gasteiger partial charge in [0.1, 0.15) is 5.82 Å². The van der Waals surface area contributed by atoms with Gasteiger partial charge in [0.2, 0.25) is 0 Å². The second-order valence-corrected chi connectivity index (χ2v) is 6.63. The third kappa shape index (κ3) is 3.14. The lowest BCUT2D eigenvalue weighted by atomic mass is 9.93. The summed E-state index contributed by atoms with van der Waals surface area (Å²) in [5.41, 5.74) is 6.20. The third-order valence-electron chi connectivity index (χ3n) is 4.87. The molecule has 0 amide bonds. The van der Waals surface area contributed by atoms with Crippen molar-refractivity contribution in [2.24, 2.45) is 0 Å². The van der Waals surface area contributed by atoms with E-state index in [1.165, 1.54) is 6.07 Å². The highest BCUT2D eigenvalue weighted by Gasteiger charge is 2.34. The van der Waals surface area contributed by atoms with Crippen LogP contribution in [0.15, 0.2) is 18.2 Å². The van der Waals surface area contributed by atoms with Gasteiger partial charge < -0.3 is 15.7 Å². The summed E-state index contributed by atoms with van der Waals surface area (Å²) in [6.07, 6.45) is 2.69. The van der Waals surface area contributed by atoms with Crippen LogP contribution in [-0.2, 0) is 0 Å². The lowest BCUT2D eigenvalue weighted by Gasteiger charge is -2.39. The van der Waals surface area contributed by atoms with Gasteiger partial charge in [-0.1, -0.05) is 0 Å². The zero-order chi connectivity index (χ0) is 15.0. The van der Waals surface area contributed by atoms with Crippen LogP contribution in [0, 0.1) is 5.82 Å². The Bertz CT molecular complexity index is 510. The van der Waals surface area contributed by atoms with Crippen LogP contribution in [0.25, 0.3) is 0 Å². The van der Waals surface area contributed by atoms with E-state index < -0.39 is 5.60 Å². The second kappa shape index (κ2) is 5.46. The van der Waals surface area contributed by atoms with E-state index in [0.29, 0.717) is 17.4 Å². The van der Waals surface area contributed by atoms with Crippen LogP contribution in [0.4, 0.5) is 15.8 Å². The number of piperidine rings is 1. The quantitative estimate of drug-likeness (QED) is 0.817. The number of benzene rings is 1. The highest BCUT2D eigenvalue weighted by Crippen LogP contribution is 2.29. The second-order valence-electron chi connectivity index (χ2n) is 6.63. The fraction of sp³-hybridized carbons (Fsp3) is 0.625. The Hall–Kier alpha value is -1.33. The molecular weight excluding hydrogens is 269 g/mol. The van der Waals surface area contributed by atoms with Gasteiger partial charge in [0.15, 0.2) is 0 Å².